The minimum absolute atomic E-state index is 0.0841. The lowest BCUT2D eigenvalue weighted by molar-refractivity contribution is -0.135. The third-order valence-corrected chi connectivity index (χ3v) is 6.39. The molecule has 0 aliphatic carbocycles. The molecule has 4 rings (SSSR count). The second-order valence-electron chi connectivity index (χ2n) is 8.81. The summed E-state index contributed by atoms with van der Waals surface area (Å²) >= 11 is 1.18. The van der Waals surface area contributed by atoms with Crippen molar-refractivity contribution in [1.82, 2.24) is 10.2 Å². The highest BCUT2D eigenvalue weighted by Gasteiger charge is 2.53. The molecule has 2 heterocycles. The number of benzene rings is 2. The van der Waals surface area contributed by atoms with E-state index in [0.717, 1.165) is 17.7 Å². The summed E-state index contributed by atoms with van der Waals surface area (Å²) in [5, 5.41) is 8.92. The molecule has 8 heteroatoms. The van der Waals surface area contributed by atoms with Crippen LogP contribution in [-0.4, -0.2) is 27.7 Å². The van der Waals surface area contributed by atoms with Gasteiger partial charge >= 0.3 is 0 Å². The molecule has 2 atom stereocenters. The van der Waals surface area contributed by atoms with Gasteiger partial charge in [-0.2, -0.15) is 0 Å². The van der Waals surface area contributed by atoms with Crippen LogP contribution in [0.5, 0.6) is 0 Å². The summed E-state index contributed by atoms with van der Waals surface area (Å²) in [5.74, 6) is -3.89. The number of aryl methyl sites for hydroxylation is 1. The Kier molecular flexibility index (Phi) is 5.50. The van der Waals surface area contributed by atoms with Crippen LogP contribution >= 0.6 is 11.3 Å². The Hall–Kier alpha value is -3.26. The van der Waals surface area contributed by atoms with Gasteiger partial charge in [-0.25, -0.2) is 4.39 Å². The first kappa shape index (κ1) is 22.0. The Balaban J connectivity index is 1.83. The second kappa shape index (κ2) is 8.02. The smallest absolute Gasteiger partial charge is 0.293 e. The fourth-order valence-corrected chi connectivity index (χ4v) is 4.56. The molecule has 1 aromatic heterocycles. The van der Waals surface area contributed by atoms with E-state index in [-0.39, 0.29) is 16.1 Å². The fourth-order valence-electron chi connectivity index (χ4n) is 3.84. The molecule has 6 nitrogen and oxygen atoms in total. The molecule has 1 aliphatic rings. The number of carbonyl (C=O) groups is 3. The fraction of sp³-hybridized carbons (Fsp3) is 0.292. The highest BCUT2D eigenvalue weighted by molar-refractivity contribution is 7.15. The maximum Gasteiger partial charge on any atom is 0.297 e. The molecule has 1 aliphatic heterocycles. The van der Waals surface area contributed by atoms with Crippen LogP contribution in [0.4, 0.5) is 9.52 Å². The molecule has 2 aromatic carbocycles. The molecule has 164 valence electrons. The molecule has 3 aromatic rings. The molecule has 0 spiro atoms. The summed E-state index contributed by atoms with van der Waals surface area (Å²) in [6.45, 7) is 8.00. The standard InChI is InChI=1S/C24H22FN3O3S/c1-13-26-27-23(32-13)28-19(14-5-9-16(10-6-14)24(2,3)4)18(21(30)22(28)31)20(29)15-7-11-17(25)12-8-15/h5-12,18-19H,1-4H3. The van der Waals surface area contributed by atoms with E-state index in [0.29, 0.717) is 10.6 Å². The van der Waals surface area contributed by atoms with E-state index in [2.05, 4.69) is 31.0 Å². The number of nitrogens with zero attached hydrogens (tertiary/aromatic N) is 3. The predicted molar refractivity (Wildman–Crippen MR) is 119 cm³/mol. The molecule has 0 bridgehead atoms. The van der Waals surface area contributed by atoms with E-state index in [1.165, 1.54) is 28.4 Å². The van der Waals surface area contributed by atoms with E-state index in [1.807, 2.05) is 24.3 Å². The summed E-state index contributed by atoms with van der Waals surface area (Å²) in [7, 11) is 0. The molecule has 2 unspecified atom stereocenters. The number of hydrogen-bond acceptors (Lipinski definition) is 6. The monoisotopic (exact) mass is 451 g/mol. The van der Waals surface area contributed by atoms with Gasteiger partial charge in [-0.15, -0.1) is 10.2 Å². The van der Waals surface area contributed by atoms with Gasteiger partial charge in [0.15, 0.2) is 5.78 Å². The van der Waals surface area contributed by atoms with Crippen LogP contribution in [0.2, 0.25) is 0 Å². The molecular weight excluding hydrogens is 429 g/mol. The summed E-state index contributed by atoms with van der Waals surface area (Å²) in [6.07, 6.45) is 0. The molecular formula is C24H22FN3O3S. The highest BCUT2D eigenvalue weighted by Crippen LogP contribution is 2.42. The number of anilines is 1. The lowest BCUT2D eigenvalue weighted by atomic mass is 9.83. The zero-order valence-electron chi connectivity index (χ0n) is 18.1. The van der Waals surface area contributed by atoms with Crippen molar-refractivity contribution in [2.75, 3.05) is 4.90 Å². The van der Waals surface area contributed by atoms with Crippen molar-refractivity contribution in [1.29, 1.82) is 0 Å². The summed E-state index contributed by atoms with van der Waals surface area (Å²) in [6, 6.07) is 11.7. The highest BCUT2D eigenvalue weighted by atomic mass is 32.1. The molecule has 32 heavy (non-hydrogen) atoms. The number of ketones is 2. The predicted octanol–water partition coefficient (Wildman–Crippen LogP) is 4.44. The number of aromatic nitrogens is 2. The quantitative estimate of drug-likeness (QED) is 0.333. The van der Waals surface area contributed by atoms with Crippen LogP contribution in [0.15, 0.2) is 48.5 Å². The van der Waals surface area contributed by atoms with Crippen molar-refractivity contribution in [3.63, 3.8) is 0 Å². The van der Waals surface area contributed by atoms with Crippen molar-refractivity contribution in [3.8, 4) is 0 Å². The molecule has 1 fully saturated rings. The number of halogens is 1. The van der Waals surface area contributed by atoms with E-state index < -0.39 is 35.3 Å². The van der Waals surface area contributed by atoms with E-state index in [9.17, 15) is 18.8 Å². The third kappa shape index (κ3) is 3.86. The zero-order valence-corrected chi connectivity index (χ0v) is 18.9. The van der Waals surface area contributed by atoms with Gasteiger partial charge in [-0.1, -0.05) is 56.4 Å². The SMILES string of the molecule is Cc1nnc(N2C(=O)C(=O)C(C(=O)c3ccc(F)cc3)C2c2ccc(C(C)(C)C)cc2)s1. The molecule has 0 saturated carbocycles. The average molecular weight is 452 g/mol. The minimum Gasteiger partial charge on any atom is -0.293 e. The average Bonchev–Trinajstić information content (AvgIpc) is 3.28. The topological polar surface area (TPSA) is 80.2 Å². The lowest BCUT2D eigenvalue weighted by Gasteiger charge is -2.26. The summed E-state index contributed by atoms with van der Waals surface area (Å²) in [4.78, 5) is 40.7. The van der Waals surface area contributed by atoms with Crippen LogP contribution in [0.3, 0.4) is 0 Å². The van der Waals surface area contributed by atoms with Gasteiger partial charge in [-0.3, -0.25) is 19.3 Å². The first-order valence-corrected chi connectivity index (χ1v) is 11.0. The van der Waals surface area contributed by atoms with E-state index >= 15 is 0 Å². The normalized spacial score (nSPS) is 19.0. The molecule has 1 amide bonds. The van der Waals surface area contributed by atoms with Crippen LogP contribution in [0.25, 0.3) is 0 Å². The molecule has 0 radical (unpaired) electrons. The number of rotatable bonds is 4. The van der Waals surface area contributed by atoms with Crippen LogP contribution in [-0.2, 0) is 15.0 Å². The van der Waals surface area contributed by atoms with Gasteiger partial charge in [0.25, 0.3) is 5.91 Å². The van der Waals surface area contributed by atoms with E-state index in [4.69, 9.17) is 0 Å². The first-order chi connectivity index (χ1) is 15.1. The zero-order chi connectivity index (χ0) is 23.2. The van der Waals surface area contributed by atoms with E-state index in [1.54, 1.807) is 6.92 Å². The van der Waals surface area contributed by atoms with Gasteiger partial charge in [-0.05, 0) is 47.7 Å². The first-order valence-electron chi connectivity index (χ1n) is 10.2. The number of carbonyl (C=O) groups excluding carboxylic acids is 3. The van der Waals surface area contributed by atoms with Gasteiger partial charge < -0.3 is 0 Å². The molecule has 1 saturated heterocycles. The summed E-state index contributed by atoms with van der Waals surface area (Å²) in [5.41, 5.74) is 1.81. The lowest BCUT2D eigenvalue weighted by Crippen LogP contribution is -2.30. The molecule has 0 N–H and O–H groups in total. The van der Waals surface area contributed by atoms with Gasteiger partial charge in [0.05, 0.1) is 6.04 Å². The van der Waals surface area contributed by atoms with Crippen molar-refractivity contribution in [3.05, 3.63) is 76.0 Å². The second-order valence-corrected chi connectivity index (χ2v) is 9.97. The number of hydrogen-bond donors (Lipinski definition) is 0. The van der Waals surface area contributed by atoms with Crippen molar-refractivity contribution < 1.29 is 18.8 Å². The van der Waals surface area contributed by atoms with Crippen molar-refractivity contribution in [2.45, 2.75) is 39.2 Å². The Labute approximate surface area is 189 Å². The van der Waals surface area contributed by atoms with Crippen LogP contribution < -0.4 is 4.90 Å². The third-order valence-electron chi connectivity index (χ3n) is 5.56. The minimum atomic E-state index is -1.27. The Morgan fingerprint density at radius 2 is 1.62 bits per heavy atom. The largest absolute Gasteiger partial charge is 0.297 e. The van der Waals surface area contributed by atoms with Crippen LogP contribution in [0.1, 0.15) is 53.3 Å². The van der Waals surface area contributed by atoms with Crippen molar-refractivity contribution in [2.24, 2.45) is 5.92 Å². The van der Waals surface area contributed by atoms with Gasteiger partial charge in [0, 0.05) is 5.56 Å². The number of amides is 1. The Morgan fingerprint density at radius 3 is 2.16 bits per heavy atom. The number of Topliss-reactive ketones (excluding diaryl/α,β-unsaturated/α-hetero) is 2. The Morgan fingerprint density at radius 1 is 1.00 bits per heavy atom. The van der Waals surface area contributed by atoms with Crippen LogP contribution in [0, 0.1) is 18.7 Å². The maximum atomic E-state index is 13.4. The van der Waals surface area contributed by atoms with Gasteiger partial charge in [0.1, 0.15) is 16.7 Å². The van der Waals surface area contributed by atoms with Crippen molar-refractivity contribution >= 4 is 33.9 Å². The Bertz CT molecular complexity index is 1200. The van der Waals surface area contributed by atoms with Gasteiger partial charge in [0.2, 0.25) is 10.9 Å². The maximum absolute atomic E-state index is 13.4. The summed E-state index contributed by atoms with van der Waals surface area (Å²) < 4.78 is 13.4.